The predicted molar refractivity (Wildman–Crippen MR) is 66.7 cm³/mol. The second-order valence-electron chi connectivity index (χ2n) is 4.69. The summed E-state index contributed by atoms with van der Waals surface area (Å²) in [6.07, 6.45) is 2.66. The minimum atomic E-state index is 0.0988. The van der Waals surface area contributed by atoms with Gasteiger partial charge >= 0.3 is 0 Å². The van der Waals surface area contributed by atoms with Crippen LogP contribution in [-0.4, -0.2) is 36.7 Å². The van der Waals surface area contributed by atoms with Gasteiger partial charge < -0.3 is 14.9 Å². The molecule has 1 aromatic rings. The Hall–Kier alpha value is -0.840. The van der Waals surface area contributed by atoms with E-state index in [1.54, 1.807) is 6.26 Å². The van der Waals surface area contributed by atoms with E-state index in [4.69, 9.17) is 14.9 Å². The van der Waals surface area contributed by atoms with Gasteiger partial charge in [0.1, 0.15) is 5.76 Å². The fraction of sp³-hybridized carbons (Fsp3) is 0.692. The molecule has 1 fully saturated rings. The average Bonchev–Trinajstić information content (AvgIpc) is 2.85. The van der Waals surface area contributed by atoms with Crippen molar-refractivity contribution in [3.05, 3.63) is 24.2 Å². The van der Waals surface area contributed by atoms with Gasteiger partial charge in [0.2, 0.25) is 0 Å². The highest BCUT2D eigenvalue weighted by Gasteiger charge is 2.32. The number of furan rings is 1. The summed E-state index contributed by atoms with van der Waals surface area (Å²) in [7, 11) is 0. The van der Waals surface area contributed by atoms with Crippen LogP contribution in [0.1, 0.15) is 32.1 Å². The molecule has 0 aromatic carbocycles. The maximum absolute atomic E-state index is 6.26. The van der Waals surface area contributed by atoms with Crippen molar-refractivity contribution in [1.82, 2.24) is 4.90 Å². The summed E-state index contributed by atoms with van der Waals surface area (Å²) in [6.45, 7) is 6.76. The van der Waals surface area contributed by atoms with Crippen LogP contribution in [0, 0.1) is 0 Å². The Kier molecular flexibility index (Phi) is 4.20. The standard InChI is InChI=1S/C13H22N2O2/c1-3-11(14)13(12-5-4-7-17-12)15-6-8-16-9-10(15)2/h4-5,7,10-11,13H,3,6,8-9,14H2,1-2H3. The number of rotatable bonds is 4. The van der Waals surface area contributed by atoms with Crippen LogP contribution in [0.5, 0.6) is 0 Å². The van der Waals surface area contributed by atoms with Crippen molar-refractivity contribution in [2.45, 2.75) is 38.4 Å². The van der Waals surface area contributed by atoms with Crippen LogP contribution in [0.25, 0.3) is 0 Å². The number of nitrogens with zero attached hydrogens (tertiary/aromatic N) is 1. The van der Waals surface area contributed by atoms with E-state index in [1.807, 2.05) is 12.1 Å². The molecule has 0 saturated carbocycles. The Labute approximate surface area is 103 Å². The molecule has 1 aliphatic rings. The minimum absolute atomic E-state index is 0.0988. The molecule has 0 radical (unpaired) electrons. The highest BCUT2D eigenvalue weighted by molar-refractivity contribution is 5.08. The molecule has 2 heterocycles. The van der Waals surface area contributed by atoms with Crippen LogP contribution in [0.4, 0.5) is 0 Å². The van der Waals surface area contributed by atoms with Gasteiger partial charge in [-0.15, -0.1) is 0 Å². The van der Waals surface area contributed by atoms with Crippen LogP contribution in [0.2, 0.25) is 0 Å². The number of hydrogen-bond donors (Lipinski definition) is 1. The largest absolute Gasteiger partial charge is 0.468 e. The van der Waals surface area contributed by atoms with Crippen LogP contribution < -0.4 is 5.73 Å². The van der Waals surface area contributed by atoms with Crippen molar-refractivity contribution in [2.75, 3.05) is 19.8 Å². The summed E-state index contributed by atoms with van der Waals surface area (Å²) in [5, 5.41) is 0. The zero-order valence-electron chi connectivity index (χ0n) is 10.6. The molecular weight excluding hydrogens is 216 g/mol. The topological polar surface area (TPSA) is 51.6 Å². The lowest BCUT2D eigenvalue weighted by Gasteiger charge is -2.40. The Balaban J connectivity index is 2.20. The van der Waals surface area contributed by atoms with Gasteiger partial charge in [-0.2, -0.15) is 0 Å². The van der Waals surface area contributed by atoms with E-state index >= 15 is 0 Å². The van der Waals surface area contributed by atoms with Gasteiger partial charge in [-0.1, -0.05) is 6.92 Å². The van der Waals surface area contributed by atoms with Gasteiger partial charge in [0.15, 0.2) is 0 Å². The first-order chi connectivity index (χ1) is 8.24. The van der Waals surface area contributed by atoms with Crippen molar-refractivity contribution < 1.29 is 9.15 Å². The molecule has 0 bridgehead atoms. The third-order valence-corrected chi connectivity index (χ3v) is 3.49. The molecule has 0 spiro atoms. The van der Waals surface area contributed by atoms with Gasteiger partial charge in [0.05, 0.1) is 25.5 Å². The maximum Gasteiger partial charge on any atom is 0.122 e. The third kappa shape index (κ3) is 2.70. The molecule has 4 nitrogen and oxygen atoms in total. The zero-order chi connectivity index (χ0) is 12.3. The highest BCUT2D eigenvalue weighted by Crippen LogP contribution is 2.28. The molecule has 0 aliphatic carbocycles. The molecule has 17 heavy (non-hydrogen) atoms. The van der Waals surface area contributed by atoms with E-state index < -0.39 is 0 Å². The summed E-state index contributed by atoms with van der Waals surface area (Å²) in [6, 6.07) is 4.59. The van der Waals surface area contributed by atoms with Gasteiger partial charge in [0.25, 0.3) is 0 Å². The smallest absolute Gasteiger partial charge is 0.122 e. The fourth-order valence-electron chi connectivity index (χ4n) is 2.46. The molecule has 2 N–H and O–H groups in total. The first-order valence-electron chi connectivity index (χ1n) is 6.36. The van der Waals surface area contributed by atoms with E-state index in [0.29, 0.717) is 6.04 Å². The molecule has 4 heteroatoms. The van der Waals surface area contributed by atoms with E-state index in [0.717, 1.165) is 31.9 Å². The van der Waals surface area contributed by atoms with E-state index in [2.05, 4.69) is 18.7 Å². The van der Waals surface area contributed by atoms with E-state index in [9.17, 15) is 0 Å². The molecular formula is C13H22N2O2. The lowest BCUT2D eigenvalue weighted by atomic mass is 10.00. The fourth-order valence-corrected chi connectivity index (χ4v) is 2.46. The molecule has 0 amide bonds. The summed E-state index contributed by atoms with van der Waals surface area (Å²) in [5.74, 6) is 0.966. The van der Waals surface area contributed by atoms with Crippen molar-refractivity contribution in [3.63, 3.8) is 0 Å². The van der Waals surface area contributed by atoms with Gasteiger partial charge in [-0.3, -0.25) is 4.90 Å². The number of hydrogen-bond acceptors (Lipinski definition) is 4. The molecule has 3 atom stereocenters. The molecule has 96 valence electrons. The van der Waals surface area contributed by atoms with Crippen molar-refractivity contribution in [2.24, 2.45) is 5.73 Å². The zero-order valence-corrected chi connectivity index (χ0v) is 10.6. The monoisotopic (exact) mass is 238 g/mol. The second-order valence-corrected chi connectivity index (χ2v) is 4.69. The number of nitrogens with two attached hydrogens (primary N) is 1. The van der Waals surface area contributed by atoms with Crippen LogP contribution in [0.3, 0.4) is 0 Å². The molecule has 2 rings (SSSR count). The van der Waals surface area contributed by atoms with E-state index in [-0.39, 0.29) is 12.1 Å². The van der Waals surface area contributed by atoms with Gasteiger partial charge in [-0.05, 0) is 25.5 Å². The maximum atomic E-state index is 6.26. The summed E-state index contributed by atoms with van der Waals surface area (Å²) < 4.78 is 11.0. The lowest BCUT2D eigenvalue weighted by molar-refractivity contribution is -0.0327. The van der Waals surface area contributed by atoms with Gasteiger partial charge in [0, 0.05) is 18.6 Å². The first-order valence-corrected chi connectivity index (χ1v) is 6.36. The Morgan fingerprint density at radius 2 is 2.41 bits per heavy atom. The van der Waals surface area contributed by atoms with Crippen LogP contribution in [-0.2, 0) is 4.74 Å². The number of ether oxygens (including phenoxy) is 1. The molecule has 1 aromatic heterocycles. The Morgan fingerprint density at radius 3 is 3.00 bits per heavy atom. The lowest BCUT2D eigenvalue weighted by Crippen LogP contribution is -2.50. The SMILES string of the molecule is CCC(N)C(c1ccco1)N1CCOCC1C. The summed E-state index contributed by atoms with van der Waals surface area (Å²) >= 11 is 0. The third-order valence-electron chi connectivity index (χ3n) is 3.49. The van der Waals surface area contributed by atoms with Crippen LogP contribution >= 0.6 is 0 Å². The molecule has 1 saturated heterocycles. The second kappa shape index (κ2) is 5.67. The Morgan fingerprint density at radius 1 is 1.59 bits per heavy atom. The van der Waals surface area contributed by atoms with Gasteiger partial charge in [-0.25, -0.2) is 0 Å². The highest BCUT2D eigenvalue weighted by atomic mass is 16.5. The normalized spacial score (nSPS) is 25.7. The number of morpholine rings is 1. The average molecular weight is 238 g/mol. The van der Waals surface area contributed by atoms with Crippen molar-refractivity contribution in [1.29, 1.82) is 0 Å². The minimum Gasteiger partial charge on any atom is -0.468 e. The predicted octanol–water partition coefficient (Wildman–Crippen LogP) is 1.78. The molecule has 1 aliphatic heterocycles. The molecule has 3 unspecified atom stereocenters. The van der Waals surface area contributed by atoms with E-state index in [1.165, 1.54) is 0 Å². The Bertz CT molecular complexity index is 326. The van der Waals surface area contributed by atoms with Crippen LogP contribution in [0.15, 0.2) is 22.8 Å². The summed E-state index contributed by atoms with van der Waals surface area (Å²) in [4.78, 5) is 2.40. The van der Waals surface area contributed by atoms with Crippen molar-refractivity contribution >= 4 is 0 Å². The quantitative estimate of drug-likeness (QED) is 0.868. The summed E-state index contributed by atoms with van der Waals surface area (Å²) in [5.41, 5.74) is 6.26. The first kappa shape index (κ1) is 12.6. The van der Waals surface area contributed by atoms with Crippen molar-refractivity contribution in [3.8, 4) is 0 Å².